The average molecular weight is 413 g/mol. The summed E-state index contributed by atoms with van der Waals surface area (Å²) in [7, 11) is 0. The van der Waals surface area contributed by atoms with Gasteiger partial charge in [0, 0.05) is 18.4 Å². The highest BCUT2D eigenvalue weighted by atomic mass is 16.5. The number of allylic oxidation sites excluding steroid dienone is 1. The number of hydrogen-bond acceptors (Lipinski definition) is 4. The molecule has 0 spiro atoms. The van der Waals surface area contributed by atoms with Gasteiger partial charge in [-0.05, 0) is 67.7 Å². The van der Waals surface area contributed by atoms with E-state index in [-0.39, 0.29) is 18.3 Å². The number of esters is 1. The number of rotatable bonds is 13. The number of benzene rings is 1. The zero-order chi connectivity index (χ0) is 21.8. The summed E-state index contributed by atoms with van der Waals surface area (Å²) in [5, 5.41) is 0. The molecule has 0 saturated heterocycles. The Labute approximate surface area is 181 Å². The van der Waals surface area contributed by atoms with Crippen molar-refractivity contribution in [3.63, 3.8) is 0 Å². The lowest BCUT2D eigenvalue weighted by Gasteiger charge is -2.28. The molecular weight excluding hydrogens is 376 g/mol. The SMILES string of the molecule is C=CC(=O)CCC(COC(=O)C=C)COc1ccc(C2CCC(CCC)CC2)cc1. The van der Waals surface area contributed by atoms with E-state index in [0.717, 1.165) is 17.7 Å². The van der Waals surface area contributed by atoms with Gasteiger partial charge >= 0.3 is 5.97 Å². The zero-order valence-corrected chi connectivity index (χ0v) is 18.3. The third-order valence-corrected chi connectivity index (χ3v) is 6.04. The molecule has 164 valence electrons. The molecule has 4 heteroatoms. The van der Waals surface area contributed by atoms with E-state index in [1.165, 1.54) is 50.2 Å². The Morgan fingerprint density at radius 2 is 1.77 bits per heavy atom. The van der Waals surface area contributed by atoms with Gasteiger partial charge in [-0.3, -0.25) is 4.79 Å². The molecule has 1 fully saturated rings. The number of carbonyl (C=O) groups excluding carboxylic acids is 2. The lowest BCUT2D eigenvalue weighted by atomic mass is 9.77. The second-order valence-corrected chi connectivity index (χ2v) is 8.30. The van der Waals surface area contributed by atoms with Crippen LogP contribution in [0.3, 0.4) is 0 Å². The maximum Gasteiger partial charge on any atom is 0.330 e. The van der Waals surface area contributed by atoms with Gasteiger partial charge in [0.15, 0.2) is 5.78 Å². The van der Waals surface area contributed by atoms with E-state index in [1.54, 1.807) is 0 Å². The zero-order valence-electron chi connectivity index (χ0n) is 18.3. The molecule has 1 aromatic carbocycles. The predicted octanol–water partition coefficient (Wildman–Crippen LogP) is 6.02. The second-order valence-electron chi connectivity index (χ2n) is 8.30. The molecule has 30 heavy (non-hydrogen) atoms. The van der Waals surface area contributed by atoms with Gasteiger partial charge in [0.2, 0.25) is 0 Å². The van der Waals surface area contributed by atoms with Crippen molar-refractivity contribution in [3.05, 3.63) is 55.1 Å². The lowest BCUT2D eigenvalue weighted by Crippen LogP contribution is -2.20. The summed E-state index contributed by atoms with van der Waals surface area (Å²) in [6, 6.07) is 8.40. The molecule has 2 rings (SSSR count). The molecule has 0 aromatic heterocycles. The summed E-state index contributed by atoms with van der Waals surface area (Å²) < 4.78 is 11.1. The van der Waals surface area contributed by atoms with Crippen LogP contribution < -0.4 is 4.74 Å². The van der Waals surface area contributed by atoms with E-state index < -0.39 is 5.97 Å². The number of ketones is 1. The van der Waals surface area contributed by atoms with Gasteiger partial charge in [0.25, 0.3) is 0 Å². The van der Waals surface area contributed by atoms with E-state index in [0.29, 0.717) is 25.4 Å². The summed E-state index contributed by atoms with van der Waals surface area (Å²) in [4.78, 5) is 22.9. The van der Waals surface area contributed by atoms with E-state index >= 15 is 0 Å². The Hall–Kier alpha value is -2.36. The van der Waals surface area contributed by atoms with Gasteiger partial charge in [-0.15, -0.1) is 0 Å². The van der Waals surface area contributed by atoms with Gasteiger partial charge in [-0.1, -0.05) is 45.1 Å². The van der Waals surface area contributed by atoms with Crippen LogP contribution >= 0.6 is 0 Å². The molecule has 0 heterocycles. The predicted molar refractivity (Wildman–Crippen MR) is 121 cm³/mol. The molecule has 0 radical (unpaired) electrons. The fraction of sp³-hybridized carbons (Fsp3) is 0.538. The quantitative estimate of drug-likeness (QED) is 0.294. The smallest absolute Gasteiger partial charge is 0.330 e. The fourth-order valence-electron chi connectivity index (χ4n) is 4.17. The third-order valence-electron chi connectivity index (χ3n) is 6.04. The van der Waals surface area contributed by atoms with Crippen LogP contribution in [0.25, 0.3) is 0 Å². The van der Waals surface area contributed by atoms with Crippen LogP contribution in [0.5, 0.6) is 5.75 Å². The van der Waals surface area contributed by atoms with Gasteiger partial charge in [-0.2, -0.15) is 0 Å². The van der Waals surface area contributed by atoms with Gasteiger partial charge in [0.1, 0.15) is 5.75 Å². The molecule has 1 aliphatic carbocycles. The average Bonchev–Trinajstić information content (AvgIpc) is 2.79. The fourth-order valence-corrected chi connectivity index (χ4v) is 4.17. The van der Waals surface area contributed by atoms with Crippen LogP contribution in [0.15, 0.2) is 49.6 Å². The number of ether oxygens (including phenoxy) is 2. The van der Waals surface area contributed by atoms with Crippen molar-refractivity contribution < 1.29 is 19.1 Å². The van der Waals surface area contributed by atoms with E-state index in [4.69, 9.17) is 9.47 Å². The first kappa shape index (κ1) is 23.9. The highest BCUT2D eigenvalue weighted by molar-refractivity contribution is 5.88. The minimum Gasteiger partial charge on any atom is -0.493 e. The van der Waals surface area contributed by atoms with Crippen LogP contribution in [0.2, 0.25) is 0 Å². The number of hydrogen-bond donors (Lipinski definition) is 0. The van der Waals surface area contributed by atoms with Gasteiger partial charge < -0.3 is 9.47 Å². The molecule has 0 aliphatic heterocycles. The molecule has 1 unspecified atom stereocenters. The summed E-state index contributed by atoms with van der Waals surface area (Å²) in [6.07, 6.45) is 11.3. The molecule has 1 saturated carbocycles. The standard InChI is InChI=1S/C26H36O4/c1-4-7-20-8-11-22(12-9-20)23-13-16-25(17-14-23)29-18-21(10-15-24(27)5-2)19-30-26(28)6-3/h5-6,13-14,16-17,20-22H,2-4,7-12,15,18-19H2,1H3. The topological polar surface area (TPSA) is 52.6 Å². The van der Waals surface area contributed by atoms with Gasteiger partial charge in [-0.25, -0.2) is 4.79 Å². The van der Waals surface area contributed by atoms with Crippen molar-refractivity contribution in [2.45, 2.75) is 64.2 Å². The third kappa shape index (κ3) is 8.17. The monoisotopic (exact) mass is 412 g/mol. The Bertz CT molecular complexity index is 659. The normalized spacial score (nSPS) is 19.5. The van der Waals surface area contributed by atoms with Crippen molar-refractivity contribution in [3.8, 4) is 5.75 Å². The van der Waals surface area contributed by atoms with Crippen LogP contribution in [-0.2, 0) is 14.3 Å². The van der Waals surface area contributed by atoms with Crippen LogP contribution in [0.4, 0.5) is 0 Å². The molecular formula is C26H36O4. The highest BCUT2D eigenvalue weighted by Crippen LogP contribution is 2.37. The van der Waals surface area contributed by atoms with E-state index in [2.05, 4.69) is 32.2 Å². The summed E-state index contributed by atoms with van der Waals surface area (Å²) in [6.45, 7) is 9.77. The Morgan fingerprint density at radius 3 is 2.37 bits per heavy atom. The number of carbonyl (C=O) groups is 2. The molecule has 4 nitrogen and oxygen atoms in total. The minimum atomic E-state index is -0.465. The van der Waals surface area contributed by atoms with Crippen molar-refractivity contribution in [1.82, 2.24) is 0 Å². The minimum absolute atomic E-state index is 0.0203. The van der Waals surface area contributed by atoms with Crippen molar-refractivity contribution >= 4 is 11.8 Å². The molecule has 1 atom stereocenters. The molecule has 0 bridgehead atoms. The first-order valence-electron chi connectivity index (χ1n) is 11.2. The first-order valence-corrected chi connectivity index (χ1v) is 11.2. The van der Waals surface area contributed by atoms with Crippen LogP contribution in [0.1, 0.15) is 69.8 Å². The Balaban J connectivity index is 1.85. The second kappa shape index (κ2) is 13.0. The molecule has 1 aliphatic rings. The first-order chi connectivity index (χ1) is 14.5. The highest BCUT2D eigenvalue weighted by Gasteiger charge is 2.22. The maximum atomic E-state index is 11.5. The van der Waals surface area contributed by atoms with E-state index in [1.807, 2.05) is 12.1 Å². The van der Waals surface area contributed by atoms with Crippen LogP contribution in [-0.4, -0.2) is 25.0 Å². The van der Waals surface area contributed by atoms with Crippen molar-refractivity contribution in [2.75, 3.05) is 13.2 Å². The summed E-state index contributed by atoms with van der Waals surface area (Å²) in [5.41, 5.74) is 1.39. The molecule has 0 amide bonds. The van der Waals surface area contributed by atoms with Crippen LogP contribution in [0, 0.1) is 11.8 Å². The summed E-state index contributed by atoms with van der Waals surface area (Å²) in [5.74, 6) is 1.82. The maximum absolute atomic E-state index is 11.5. The Morgan fingerprint density at radius 1 is 1.07 bits per heavy atom. The summed E-state index contributed by atoms with van der Waals surface area (Å²) >= 11 is 0. The van der Waals surface area contributed by atoms with Crippen molar-refractivity contribution in [2.24, 2.45) is 11.8 Å². The Kier molecular flexibility index (Phi) is 10.4. The van der Waals surface area contributed by atoms with E-state index in [9.17, 15) is 9.59 Å². The molecule has 0 N–H and O–H groups in total. The largest absolute Gasteiger partial charge is 0.493 e. The lowest BCUT2D eigenvalue weighted by molar-refractivity contribution is -0.139. The molecule has 1 aromatic rings. The van der Waals surface area contributed by atoms with Gasteiger partial charge in [0.05, 0.1) is 13.2 Å². The van der Waals surface area contributed by atoms with Crippen molar-refractivity contribution in [1.29, 1.82) is 0 Å².